The molecule has 0 unspecified atom stereocenters. The summed E-state index contributed by atoms with van der Waals surface area (Å²) >= 11 is 0. The lowest BCUT2D eigenvalue weighted by Gasteiger charge is -2.07. The molecule has 1 aromatic carbocycles. The van der Waals surface area contributed by atoms with E-state index in [-0.39, 0.29) is 24.2 Å². The molecular weight excluding hydrogens is 243 g/mol. The van der Waals surface area contributed by atoms with Gasteiger partial charge >= 0.3 is 0 Å². The number of nitro groups is 1. The molecule has 1 atom stereocenters. The van der Waals surface area contributed by atoms with Crippen molar-refractivity contribution in [2.75, 3.05) is 6.54 Å². The first kappa shape index (κ1) is 14.0. The Labute approximate surface area is 103 Å². The van der Waals surface area contributed by atoms with Gasteiger partial charge < -0.3 is 10.4 Å². The van der Waals surface area contributed by atoms with Crippen LogP contribution in [-0.4, -0.2) is 28.6 Å². The number of nitro benzene ring substituents is 1. The Balaban J connectivity index is 2.58. The van der Waals surface area contributed by atoms with Gasteiger partial charge in [0.05, 0.1) is 11.0 Å². The van der Waals surface area contributed by atoms with E-state index >= 15 is 0 Å². The maximum Gasteiger partial charge on any atom is 0.272 e. The molecule has 7 heteroatoms. The molecule has 0 aliphatic heterocycles. The zero-order valence-corrected chi connectivity index (χ0v) is 9.72. The zero-order valence-electron chi connectivity index (χ0n) is 9.72. The van der Waals surface area contributed by atoms with E-state index < -0.39 is 22.8 Å². The minimum atomic E-state index is -1.12. The van der Waals surface area contributed by atoms with Crippen molar-refractivity contribution in [3.63, 3.8) is 0 Å². The predicted molar refractivity (Wildman–Crippen MR) is 61.4 cm³/mol. The first-order chi connectivity index (χ1) is 8.41. The number of aliphatic hydroxyl groups is 1. The summed E-state index contributed by atoms with van der Waals surface area (Å²) in [6.07, 6.45) is -0.922. The highest BCUT2D eigenvalue weighted by Gasteiger charge is 2.11. The number of carbonyl (C=O) groups is 1. The van der Waals surface area contributed by atoms with Crippen LogP contribution in [0, 0.1) is 15.9 Å². The SMILES string of the molecule is C[C@H](O)C(=O)NCCc1ccc([N+](=O)[O-])cc1F. The van der Waals surface area contributed by atoms with Crippen LogP contribution in [0.1, 0.15) is 12.5 Å². The molecule has 1 amide bonds. The van der Waals surface area contributed by atoms with Crippen molar-refractivity contribution in [3.8, 4) is 0 Å². The van der Waals surface area contributed by atoms with Crippen LogP contribution in [0.15, 0.2) is 18.2 Å². The monoisotopic (exact) mass is 256 g/mol. The van der Waals surface area contributed by atoms with Gasteiger partial charge in [-0.15, -0.1) is 0 Å². The fourth-order valence-electron chi connectivity index (χ4n) is 1.32. The molecule has 0 bridgehead atoms. The molecule has 18 heavy (non-hydrogen) atoms. The van der Waals surface area contributed by atoms with E-state index in [0.29, 0.717) is 0 Å². The summed E-state index contributed by atoms with van der Waals surface area (Å²) in [6.45, 7) is 1.47. The number of benzene rings is 1. The number of halogens is 1. The highest BCUT2D eigenvalue weighted by molar-refractivity contribution is 5.79. The molecule has 0 saturated carbocycles. The minimum absolute atomic E-state index is 0.151. The first-order valence-electron chi connectivity index (χ1n) is 5.30. The average Bonchev–Trinajstić information content (AvgIpc) is 2.30. The van der Waals surface area contributed by atoms with E-state index in [0.717, 1.165) is 6.07 Å². The Hall–Kier alpha value is -2.02. The number of amides is 1. The van der Waals surface area contributed by atoms with Crippen LogP contribution in [0.5, 0.6) is 0 Å². The van der Waals surface area contributed by atoms with E-state index in [1.54, 1.807) is 0 Å². The molecule has 1 rings (SSSR count). The van der Waals surface area contributed by atoms with Gasteiger partial charge in [-0.1, -0.05) is 0 Å². The molecule has 2 N–H and O–H groups in total. The molecule has 0 aliphatic carbocycles. The number of nitrogens with one attached hydrogen (secondary N) is 1. The van der Waals surface area contributed by atoms with Crippen molar-refractivity contribution in [3.05, 3.63) is 39.7 Å². The van der Waals surface area contributed by atoms with Crippen molar-refractivity contribution in [2.24, 2.45) is 0 Å². The number of nitrogens with zero attached hydrogens (tertiary/aromatic N) is 1. The lowest BCUT2D eigenvalue weighted by molar-refractivity contribution is -0.385. The van der Waals surface area contributed by atoms with Crippen molar-refractivity contribution < 1.29 is 19.2 Å². The van der Waals surface area contributed by atoms with E-state index in [9.17, 15) is 19.3 Å². The summed E-state index contributed by atoms with van der Waals surface area (Å²) in [6, 6.07) is 3.35. The number of non-ortho nitro benzene ring substituents is 1. The molecule has 0 radical (unpaired) electrons. The van der Waals surface area contributed by atoms with Gasteiger partial charge in [-0.2, -0.15) is 0 Å². The van der Waals surface area contributed by atoms with Gasteiger partial charge in [-0.3, -0.25) is 14.9 Å². The highest BCUT2D eigenvalue weighted by Crippen LogP contribution is 2.16. The molecule has 0 heterocycles. The van der Waals surface area contributed by atoms with E-state index in [1.165, 1.54) is 19.1 Å². The Kier molecular flexibility index (Phi) is 4.73. The number of carbonyl (C=O) groups excluding carboxylic acids is 1. The van der Waals surface area contributed by atoms with Crippen LogP contribution in [0.25, 0.3) is 0 Å². The van der Waals surface area contributed by atoms with Gasteiger partial charge in [0, 0.05) is 12.6 Å². The van der Waals surface area contributed by atoms with Crippen molar-refractivity contribution in [1.82, 2.24) is 5.32 Å². The van der Waals surface area contributed by atoms with Gasteiger partial charge in [-0.05, 0) is 25.0 Å². The van der Waals surface area contributed by atoms with Crippen molar-refractivity contribution in [1.29, 1.82) is 0 Å². The topological polar surface area (TPSA) is 92.5 Å². The van der Waals surface area contributed by atoms with Gasteiger partial charge in [0.2, 0.25) is 5.91 Å². The van der Waals surface area contributed by atoms with Crippen LogP contribution in [0.3, 0.4) is 0 Å². The maximum atomic E-state index is 13.4. The summed E-state index contributed by atoms with van der Waals surface area (Å²) in [4.78, 5) is 20.7. The molecule has 0 aliphatic rings. The van der Waals surface area contributed by atoms with E-state index in [1.807, 2.05) is 0 Å². The predicted octanol–water partition coefficient (Wildman–Crippen LogP) is 0.773. The zero-order chi connectivity index (χ0) is 13.7. The first-order valence-corrected chi connectivity index (χ1v) is 5.30. The number of aliphatic hydroxyl groups excluding tert-OH is 1. The normalized spacial score (nSPS) is 11.9. The second kappa shape index (κ2) is 6.06. The molecule has 0 aromatic heterocycles. The second-order valence-corrected chi connectivity index (χ2v) is 3.75. The number of hydrogen-bond acceptors (Lipinski definition) is 4. The summed E-state index contributed by atoms with van der Waals surface area (Å²) in [5.41, 5.74) is -0.0456. The van der Waals surface area contributed by atoms with Gasteiger partial charge in [0.1, 0.15) is 11.9 Å². The van der Waals surface area contributed by atoms with E-state index in [4.69, 9.17) is 5.11 Å². The van der Waals surface area contributed by atoms with Crippen LogP contribution in [-0.2, 0) is 11.2 Å². The van der Waals surface area contributed by atoms with Crippen molar-refractivity contribution in [2.45, 2.75) is 19.4 Å². The third kappa shape index (κ3) is 3.77. The van der Waals surface area contributed by atoms with Crippen LogP contribution >= 0.6 is 0 Å². The average molecular weight is 256 g/mol. The third-order valence-corrected chi connectivity index (χ3v) is 2.32. The summed E-state index contributed by atoms with van der Waals surface area (Å²) in [5, 5.41) is 21.7. The summed E-state index contributed by atoms with van der Waals surface area (Å²) < 4.78 is 13.4. The largest absolute Gasteiger partial charge is 0.384 e. The van der Waals surface area contributed by atoms with Crippen molar-refractivity contribution >= 4 is 11.6 Å². The van der Waals surface area contributed by atoms with Crippen LogP contribution in [0.4, 0.5) is 10.1 Å². The van der Waals surface area contributed by atoms with Gasteiger partial charge in [0.25, 0.3) is 5.69 Å². The van der Waals surface area contributed by atoms with E-state index in [2.05, 4.69) is 5.32 Å². The molecule has 1 aromatic rings. The molecule has 0 fully saturated rings. The summed E-state index contributed by atoms with van der Waals surface area (Å²) in [5.74, 6) is -1.23. The van der Waals surface area contributed by atoms with Crippen LogP contribution < -0.4 is 5.32 Å². The smallest absolute Gasteiger partial charge is 0.272 e. The second-order valence-electron chi connectivity index (χ2n) is 3.75. The molecule has 98 valence electrons. The maximum absolute atomic E-state index is 13.4. The molecular formula is C11H13FN2O4. The van der Waals surface area contributed by atoms with Gasteiger partial charge in [-0.25, -0.2) is 4.39 Å². The highest BCUT2D eigenvalue weighted by atomic mass is 19.1. The Bertz CT molecular complexity index is 462. The molecule has 0 spiro atoms. The number of hydrogen-bond donors (Lipinski definition) is 2. The van der Waals surface area contributed by atoms with Gasteiger partial charge in [0.15, 0.2) is 0 Å². The summed E-state index contributed by atoms with van der Waals surface area (Å²) in [7, 11) is 0. The fraction of sp³-hybridized carbons (Fsp3) is 0.364. The fourth-order valence-corrected chi connectivity index (χ4v) is 1.32. The lowest BCUT2D eigenvalue weighted by Crippen LogP contribution is -2.33. The Morgan fingerprint density at radius 2 is 2.28 bits per heavy atom. The molecule has 0 saturated heterocycles. The lowest BCUT2D eigenvalue weighted by atomic mass is 10.1. The Morgan fingerprint density at radius 1 is 1.61 bits per heavy atom. The third-order valence-electron chi connectivity index (χ3n) is 2.32. The minimum Gasteiger partial charge on any atom is -0.384 e. The van der Waals surface area contributed by atoms with Crippen LogP contribution in [0.2, 0.25) is 0 Å². The standard InChI is InChI=1S/C11H13FN2O4/c1-7(15)11(16)13-5-4-8-2-3-9(14(17)18)6-10(8)12/h2-3,6-7,15H,4-5H2,1H3,(H,13,16)/t7-/m0/s1. The Morgan fingerprint density at radius 3 is 2.78 bits per heavy atom. The number of rotatable bonds is 5. The molecule has 6 nitrogen and oxygen atoms in total. The quantitative estimate of drug-likeness (QED) is 0.601.